The summed E-state index contributed by atoms with van der Waals surface area (Å²) in [6, 6.07) is 5.89. The summed E-state index contributed by atoms with van der Waals surface area (Å²) in [5.74, 6) is 0.217. The number of benzene rings is 1. The van der Waals surface area contributed by atoms with Gasteiger partial charge in [0.15, 0.2) is 0 Å². The lowest BCUT2D eigenvalue weighted by Gasteiger charge is -2.12. The second kappa shape index (κ2) is 7.69. The smallest absolute Gasteiger partial charge is 0.300 e. The first-order valence-electron chi connectivity index (χ1n) is 8.85. The lowest BCUT2D eigenvalue weighted by atomic mass is 10.0. The third-order valence-corrected chi connectivity index (χ3v) is 4.14. The van der Waals surface area contributed by atoms with E-state index in [1.54, 1.807) is 28.9 Å². The van der Waals surface area contributed by atoms with Gasteiger partial charge < -0.3 is 5.32 Å². The van der Waals surface area contributed by atoms with Crippen LogP contribution in [0.15, 0.2) is 41.5 Å². The van der Waals surface area contributed by atoms with E-state index in [1.165, 1.54) is 16.7 Å². The van der Waals surface area contributed by atoms with Gasteiger partial charge in [-0.05, 0) is 38.0 Å². The Morgan fingerprint density at radius 2 is 2.00 bits per heavy atom. The van der Waals surface area contributed by atoms with Crippen molar-refractivity contribution in [1.29, 1.82) is 0 Å². The molecule has 8 heteroatoms. The molecule has 0 aliphatic rings. The van der Waals surface area contributed by atoms with Crippen LogP contribution in [0.3, 0.4) is 0 Å². The van der Waals surface area contributed by atoms with Crippen molar-refractivity contribution in [2.75, 3.05) is 0 Å². The molecule has 0 aliphatic carbocycles. The van der Waals surface area contributed by atoms with E-state index in [9.17, 15) is 14.0 Å². The average molecular weight is 371 g/mol. The Morgan fingerprint density at radius 1 is 1.22 bits per heavy atom. The molecular formula is C19H22FN5O2. The van der Waals surface area contributed by atoms with Crippen LogP contribution in [0.1, 0.15) is 33.0 Å². The zero-order valence-electron chi connectivity index (χ0n) is 15.5. The van der Waals surface area contributed by atoms with Gasteiger partial charge in [0, 0.05) is 31.3 Å². The number of nitrogens with one attached hydrogen (secondary N) is 1. The van der Waals surface area contributed by atoms with Crippen molar-refractivity contribution in [3.63, 3.8) is 0 Å². The first-order valence-corrected chi connectivity index (χ1v) is 8.85. The van der Waals surface area contributed by atoms with Gasteiger partial charge in [0.25, 0.3) is 0 Å². The molecule has 0 bridgehead atoms. The second-order valence-electron chi connectivity index (χ2n) is 7.00. The molecule has 0 fully saturated rings. The van der Waals surface area contributed by atoms with E-state index in [0.717, 1.165) is 0 Å². The lowest BCUT2D eigenvalue weighted by Crippen LogP contribution is -2.31. The van der Waals surface area contributed by atoms with Crippen molar-refractivity contribution in [1.82, 2.24) is 24.5 Å². The summed E-state index contributed by atoms with van der Waals surface area (Å²) in [6.07, 6.45) is 4.12. The van der Waals surface area contributed by atoms with E-state index in [1.807, 2.05) is 20.8 Å². The molecule has 142 valence electrons. The maximum Gasteiger partial charge on any atom is 0.300 e. The normalized spacial score (nSPS) is 12.5. The lowest BCUT2D eigenvalue weighted by molar-refractivity contribution is -0.122. The highest BCUT2D eigenvalue weighted by molar-refractivity contribution is 5.76. The molecule has 2 aromatic heterocycles. The van der Waals surface area contributed by atoms with Gasteiger partial charge in [0.2, 0.25) is 11.6 Å². The molecule has 27 heavy (non-hydrogen) atoms. The number of hydrogen-bond acceptors (Lipinski definition) is 4. The summed E-state index contributed by atoms with van der Waals surface area (Å²) in [7, 11) is 0. The number of rotatable bonds is 6. The van der Waals surface area contributed by atoms with E-state index >= 15 is 0 Å². The van der Waals surface area contributed by atoms with Gasteiger partial charge in [-0.1, -0.05) is 13.0 Å². The molecule has 0 spiro atoms. The topological polar surface area (TPSA) is 81.3 Å². The standard InChI is InChI=1S/C19H22FN5O2/c1-12(2)21-17(26)10-13(3)9-16-22-23-18-19(27)24(7-8-25(16)18)15-6-4-5-14(20)11-15/h4-8,11-13H,9-10H2,1-3H3,(H,21,26). The summed E-state index contributed by atoms with van der Waals surface area (Å²) in [6.45, 7) is 5.78. The predicted octanol–water partition coefficient (Wildman–Crippen LogP) is 2.11. The SMILES string of the molecule is CC(CC(=O)NC(C)C)Cc1nnc2c(=O)n(-c3cccc(F)c3)ccn12. The molecule has 2 heterocycles. The zero-order chi connectivity index (χ0) is 19.6. The Kier molecular flexibility index (Phi) is 5.34. The second-order valence-corrected chi connectivity index (χ2v) is 7.00. The molecule has 0 aliphatic heterocycles. The fourth-order valence-electron chi connectivity index (χ4n) is 2.98. The minimum absolute atomic E-state index is 0.0141. The average Bonchev–Trinajstić information content (AvgIpc) is 2.98. The van der Waals surface area contributed by atoms with Gasteiger partial charge in [-0.3, -0.25) is 18.6 Å². The fraction of sp³-hybridized carbons (Fsp3) is 0.368. The van der Waals surface area contributed by atoms with Crippen molar-refractivity contribution < 1.29 is 9.18 Å². The summed E-state index contributed by atoms with van der Waals surface area (Å²) in [4.78, 5) is 24.6. The summed E-state index contributed by atoms with van der Waals surface area (Å²) >= 11 is 0. The molecule has 1 aromatic carbocycles. The largest absolute Gasteiger partial charge is 0.354 e. The molecular weight excluding hydrogens is 349 g/mol. The number of aromatic nitrogens is 4. The van der Waals surface area contributed by atoms with Crippen LogP contribution in [0.4, 0.5) is 4.39 Å². The van der Waals surface area contributed by atoms with Crippen molar-refractivity contribution in [2.24, 2.45) is 5.92 Å². The quantitative estimate of drug-likeness (QED) is 0.720. The van der Waals surface area contributed by atoms with Crippen LogP contribution in [-0.4, -0.2) is 31.1 Å². The molecule has 1 atom stereocenters. The minimum Gasteiger partial charge on any atom is -0.354 e. The van der Waals surface area contributed by atoms with Crippen LogP contribution in [0.5, 0.6) is 0 Å². The first kappa shape index (κ1) is 18.8. The van der Waals surface area contributed by atoms with Gasteiger partial charge in [0.1, 0.15) is 11.6 Å². The van der Waals surface area contributed by atoms with E-state index in [-0.39, 0.29) is 29.1 Å². The molecule has 0 radical (unpaired) electrons. The Morgan fingerprint density at radius 3 is 2.70 bits per heavy atom. The van der Waals surface area contributed by atoms with Crippen LogP contribution >= 0.6 is 0 Å². The molecule has 3 rings (SSSR count). The Labute approximate surface area is 155 Å². The third kappa shape index (κ3) is 4.21. The molecule has 0 saturated heterocycles. The van der Waals surface area contributed by atoms with Crippen LogP contribution in [0.2, 0.25) is 0 Å². The minimum atomic E-state index is -0.421. The van der Waals surface area contributed by atoms with Gasteiger partial charge in [-0.2, -0.15) is 0 Å². The number of carbonyl (C=O) groups excluding carboxylic acids is 1. The Balaban J connectivity index is 1.84. The Hall–Kier alpha value is -3.03. The fourth-order valence-corrected chi connectivity index (χ4v) is 2.98. The van der Waals surface area contributed by atoms with Crippen molar-refractivity contribution in [3.8, 4) is 5.69 Å². The van der Waals surface area contributed by atoms with E-state index in [4.69, 9.17) is 0 Å². The van der Waals surface area contributed by atoms with Crippen LogP contribution in [-0.2, 0) is 11.2 Å². The van der Waals surface area contributed by atoms with Crippen LogP contribution in [0.25, 0.3) is 11.3 Å². The van der Waals surface area contributed by atoms with E-state index in [0.29, 0.717) is 24.4 Å². The van der Waals surface area contributed by atoms with E-state index in [2.05, 4.69) is 15.5 Å². The van der Waals surface area contributed by atoms with Crippen molar-refractivity contribution in [3.05, 3.63) is 58.7 Å². The van der Waals surface area contributed by atoms with Gasteiger partial charge in [-0.15, -0.1) is 10.2 Å². The summed E-state index contributed by atoms with van der Waals surface area (Å²) < 4.78 is 16.4. The molecule has 3 aromatic rings. The molecule has 0 saturated carbocycles. The molecule has 7 nitrogen and oxygen atoms in total. The van der Waals surface area contributed by atoms with E-state index < -0.39 is 5.82 Å². The molecule has 1 unspecified atom stereocenters. The third-order valence-electron chi connectivity index (χ3n) is 4.14. The highest BCUT2D eigenvalue weighted by Gasteiger charge is 2.16. The number of halogens is 1. The number of nitrogens with zero attached hydrogens (tertiary/aromatic N) is 4. The van der Waals surface area contributed by atoms with Gasteiger partial charge in [0.05, 0.1) is 5.69 Å². The highest BCUT2D eigenvalue weighted by Crippen LogP contribution is 2.12. The maximum atomic E-state index is 13.4. The van der Waals surface area contributed by atoms with Gasteiger partial charge >= 0.3 is 5.56 Å². The summed E-state index contributed by atoms with van der Waals surface area (Å²) in [5, 5.41) is 11.0. The molecule has 1 N–H and O–H groups in total. The van der Waals surface area contributed by atoms with Crippen LogP contribution < -0.4 is 10.9 Å². The number of hydrogen-bond donors (Lipinski definition) is 1. The molecule has 1 amide bonds. The Bertz CT molecular complexity index is 1020. The first-order chi connectivity index (χ1) is 12.8. The van der Waals surface area contributed by atoms with Crippen molar-refractivity contribution >= 4 is 11.6 Å². The zero-order valence-corrected chi connectivity index (χ0v) is 15.5. The van der Waals surface area contributed by atoms with Crippen molar-refractivity contribution in [2.45, 2.75) is 39.7 Å². The number of amides is 1. The van der Waals surface area contributed by atoms with Gasteiger partial charge in [-0.25, -0.2) is 4.39 Å². The maximum absolute atomic E-state index is 13.4. The monoisotopic (exact) mass is 371 g/mol. The number of fused-ring (bicyclic) bond motifs is 1. The number of carbonyl (C=O) groups is 1. The highest BCUT2D eigenvalue weighted by atomic mass is 19.1. The predicted molar refractivity (Wildman–Crippen MR) is 99.3 cm³/mol. The summed E-state index contributed by atoms with van der Waals surface area (Å²) in [5.41, 5.74) is 0.202. The van der Waals surface area contributed by atoms with Crippen LogP contribution in [0, 0.1) is 11.7 Å².